The van der Waals surface area contributed by atoms with Gasteiger partial charge in [0.15, 0.2) is 5.43 Å². The summed E-state index contributed by atoms with van der Waals surface area (Å²) in [5.41, 5.74) is 3.63. The summed E-state index contributed by atoms with van der Waals surface area (Å²) in [5.74, 6) is 0.625. The van der Waals surface area contributed by atoms with Crippen molar-refractivity contribution in [2.24, 2.45) is 0 Å². The molecule has 2 aliphatic rings. The molecule has 0 amide bonds. The molecule has 22 heavy (non-hydrogen) atoms. The monoisotopic (exact) mass is 386 g/mol. The van der Waals surface area contributed by atoms with E-state index in [1.54, 1.807) is 12.1 Å². The van der Waals surface area contributed by atoms with Crippen molar-refractivity contribution in [1.82, 2.24) is 0 Å². The van der Waals surface area contributed by atoms with Gasteiger partial charge in [-0.3, -0.25) is 4.79 Å². The van der Waals surface area contributed by atoms with Gasteiger partial charge in [0.2, 0.25) is 0 Å². The van der Waals surface area contributed by atoms with E-state index >= 15 is 0 Å². The number of rotatable bonds is 1. The van der Waals surface area contributed by atoms with Gasteiger partial charge in [-0.05, 0) is 29.3 Å². The van der Waals surface area contributed by atoms with Crippen molar-refractivity contribution >= 4 is 11.0 Å². The predicted octanol–water partition coefficient (Wildman–Crippen LogP) is 4.56. The summed E-state index contributed by atoms with van der Waals surface area (Å²) in [6.45, 7) is 0. The molecule has 102 valence electrons. The van der Waals surface area contributed by atoms with Crippen LogP contribution in [0.1, 0.15) is 0 Å². The summed E-state index contributed by atoms with van der Waals surface area (Å²) in [6.07, 6.45) is 0. The average Bonchev–Trinajstić information content (AvgIpc) is 2.53. The zero-order chi connectivity index (χ0) is 14.2. The summed E-state index contributed by atoms with van der Waals surface area (Å²) in [6, 6.07) is 23.0. The van der Waals surface area contributed by atoms with Crippen LogP contribution >= 0.6 is 0 Å². The fraction of sp³-hybridized carbons (Fsp3) is 0. The number of para-hydroxylation sites is 1. The first kappa shape index (κ1) is 15.0. The molecule has 0 spiro atoms. The molecular formula is C19H12CdO2. The van der Waals surface area contributed by atoms with Gasteiger partial charge in [-0.15, -0.1) is 0 Å². The van der Waals surface area contributed by atoms with Crippen LogP contribution in [0.25, 0.3) is 33.4 Å². The van der Waals surface area contributed by atoms with Gasteiger partial charge in [-0.1, -0.05) is 48.5 Å². The molecule has 0 saturated heterocycles. The van der Waals surface area contributed by atoms with Crippen molar-refractivity contribution in [1.29, 1.82) is 0 Å². The standard InChI is InChI=1S/C19H12O2.Cd/c20-15-11-16(13-6-2-1-3-7-13)17-10-14-8-4-5-9-18(14)21-19(17)12-15;/h1-12H;. The molecule has 0 aromatic heterocycles. The Morgan fingerprint density at radius 1 is 0.727 bits per heavy atom. The van der Waals surface area contributed by atoms with Crippen LogP contribution in [0, 0.1) is 0 Å². The number of hydrogen-bond acceptors (Lipinski definition) is 2. The van der Waals surface area contributed by atoms with E-state index in [0.717, 1.165) is 27.7 Å². The smallest absolute Gasteiger partial charge is 0.183 e. The van der Waals surface area contributed by atoms with Crippen LogP contribution in [0.4, 0.5) is 0 Å². The third kappa shape index (κ3) is 2.59. The second-order valence-electron chi connectivity index (χ2n) is 5.03. The van der Waals surface area contributed by atoms with Gasteiger partial charge in [0.05, 0.1) is 0 Å². The number of hydrogen-bond donors (Lipinski definition) is 0. The van der Waals surface area contributed by atoms with Crippen LogP contribution in [0.15, 0.2) is 82.0 Å². The molecule has 0 bridgehead atoms. The largest absolute Gasteiger partial charge is 0.456 e. The molecule has 0 N–H and O–H groups in total. The third-order valence-corrected chi connectivity index (χ3v) is 3.64. The second kappa shape index (κ2) is 6.04. The van der Waals surface area contributed by atoms with Crippen molar-refractivity contribution in [3.8, 4) is 22.5 Å². The van der Waals surface area contributed by atoms with E-state index in [9.17, 15) is 4.79 Å². The second-order valence-corrected chi connectivity index (χ2v) is 5.03. The van der Waals surface area contributed by atoms with Crippen molar-refractivity contribution in [3.63, 3.8) is 0 Å². The minimum absolute atomic E-state index is 0. The molecule has 1 aliphatic carbocycles. The molecule has 0 saturated carbocycles. The van der Waals surface area contributed by atoms with Crippen LogP contribution in [0.5, 0.6) is 0 Å². The summed E-state index contributed by atoms with van der Waals surface area (Å²) in [7, 11) is 0. The molecule has 0 unspecified atom stereocenters. The first-order valence-electron chi connectivity index (χ1n) is 6.83. The maximum absolute atomic E-state index is 12.0. The van der Waals surface area contributed by atoms with Gasteiger partial charge in [0.1, 0.15) is 11.3 Å². The quantitative estimate of drug-likeness (QED) is 0.356. The molecule has 2 aromatic rings. The Kier molecular flexibility index (Phi) is 4.11. The van der Waals surface area contributed by atoms with Crippen LogP contribution in [-0.4, -0.2) is 0 Å². The number of fused-ring (bicyclic) bond motifs is 2. The van der Waals surface area contributed by atoms with Crippen molar-refractivity contribution < 1.29 is 31.7 Å². The minimum Gasteiger partial charge on any atom is -0.456 e. The Morgan fingerprint density at radius 2 is 1.45 bits per heavy atom. The van der Waals surface area contributed by atoms with Gasteiger partial charge >= 0.3 is 0 Å². The third-order valence-electron chi connectivity index (χ3n) is 3.64. The Labute approximate surface area is 147 Å². The van der Waals surface area contributed by atoms with Crippen LogP contribution in [0.2, 0.25) is 0 Å². The minimum atomic E-state index is -0.0413. The van der Waals surface area contributed by atoms with E-state index in [-0.39, 0.29) is 32.7 Å². The molecule has 1 heterocycles. The Balaban J connectivity index is 0.00000144. The molecule has 2 nitrogen and oxygen atoms in total. The summed E-state index contributed by atoms with van der Waals surface area (Å²) in [4.78, 5) is 12.0. The maximum atomic E-state index is 12.0. The average molecular weight is 385 g/mol. The topological polar surface area (TPSA) is 30.2 Å². The van der Waals surface area contributed by atoms with E-state index in [2.05, 4.69) is 6.07 Å². The fourth-order valence-electron chi connectivity index (χ4n) is 2.66. The fourth-order valence-corrected chi connectivity index (χ4v) is 2.66. The van der Waals surface area contributed by atoms with E-state index in [4.69, 9.17) is 4.42 Å². The van der Waals surface area contributed by atoms with E-state index < -0.39 is 0 Å². The van der Waals surface area contributed by atoms with Crippen LogP contribution in [-0.2, 0) is 27.3 Å². The zero-order valence-corrected chi connectivity index (χ0v) is 16.0. The SMILES string of the molecule is O=c1cc2oc3ccccc3cc-2c(-c2ccccc2)c1.[Cd]. The molecule has 3 heteroatoms. The van der Waals surface area contributed by atoms with Gasteiger partial charge in [-0.25, -0.2) is 0 Å². The Morgan fingerprint density at radius 3 is 2.27 bits per heavy atom. The normalized spacial score (nSPS) is 10.5. The zero-order valence-electron chi connectivity index (χ0n) is 12.0. The molecule has 4 rings (SSSR count). The van der Waals surface area contributed by atoms with Crippen molar-refractivity contribution in [2.45, 2.75) is 0 Å². The van der Waals surface area contributed by atoms with E-state index in [1.807, 2.05) is 54.6 Å². The van der Waals surface area contributed by atoms with E-state index in [1.165, 1.54) is 0 Å². The first-order chi connectivity index (χ1) is 10.3. The van der Waals surface area contributed by atoms with Gasteiger partial charge in [0, 0.05) is 44.3 Å². The Hall–Kier alpha value is -1.95. The number of benzene rings is 3. The first-order valence-corrected chi connectivity index (χ1v) is 6.83. The molecule has 0 radical (unpaired) electrons. The molecule has 2 aromatic carbocycles. The van der Waals surface area contributed by atoms with Crippen molar-refractivity contribution in [2.75, 3.05) is 0 Å². The molecular weight excluding hydrogens is 373 g/mol. The van der Waals surface area contributed by atoms with Crippen LogP contribution < -0.4 is 5.43 Å². The molecule has 0 atom stereocenters. The van der Waals surface area contributed by atoms with Gasteiger partial charge in [-0.2, -0.15) is 0 Å². The van der Waals surface area contributed by atoms with Gasteiger partial charge in [0.25, 0.3) is 0 Å². The maximum Gasteiger partial charge on any atom is 0.183 e. The van der Waals surface area contributed by atoms with Crippen LogP contribution in [0.3, 0.4) is 0 Å². The summed E-state index contributed by atoms with van der Waals surface area (Å²) in [5, 5.41) is 1.03. The molecule has 0 fully saturated rings. The van der Waals surface area contributed by atoms with E-state index in [0.29, 0.717) is 5.76 Å². The molecule has 1 aliphatic heterocycles. The summed E-state index contributed by atoms with van der Waals surface area (Å²) < 4.78 is 5.89. The Bertz CT molecular complexity index is 958. The summed E-state index contributed by atoms with van der Waals surface area (Å²) >= 11 is 0. The van der Waals surface area contributed by atoms with Gasteiger partial charge < -0.3 is 4.42 Å². The van der Waals surface area contributed by atoms with Crippen molar-refractivity contribution in [3.05, 3.63) is 83.0 Å². The predicted molar refractivity (Wildman–Crippen MR) is 84.5 cm³/mol.